The second kappa shape index (κ2) is 10.7. The van der Waals surface area contributed by atoms with Gasteiger partial charge in [-0.15, -0.1) is 0 Å². The van der Waals surface area contributed by atoms with Crippen molar-refractivity contribution in [3.05, 3.63) is 69.3 Å². The lowest BCUT2D eigenvalue weighted by molar-refractivity contribution is -0.127. The summed E-state index contributed by atoms with van der Waals surface area (Å²) in [7, 11) is 0. The fraction of sp³-hybridized carbons (Fsp3) is 0.455. The maximum atomic E-state index is 11.8. The van der Waals surface area contributed by atoms with Crippen LogP contribution in [0.15, 0.2) is 41.2 Å². The van der Waals surface area contributed by atoms with Gasteiger partial charge >= 0.3 is 5.97 Å². The number of carboxylic acids is 1. The van der Waals surface area contributed by atoms with Crippen LogP contribution >= 0.6 is 23.2 Å². The predicted octanol–water partition coefficient (Wildman–Crippen LogP) is 7.51. The van der Waals surface area contributed by atoms with Crippen LogP contribution in [0.3, 0.4) is 0 Å². The molecule has 1 aliphatic heterocycles. The summed E-state index contributed by atoms with van der Waals surface area (Å²) in [6.07, 6.45) is 10.8. The molecule has 44 heavy (non-hydrogen) atoms. The largest absolute Gasteiger partial charge is 0.483 e. The SMILES string of the molecule is O=C(O)c1cc(OC2COC2)c2nc(C34CCC(OCc5c(-c6c(Cl)cncc6Cl)noc5C5CC5)(CC3)CC4)ccc2c1. The topological polar surface area (TPSA) is 117 Å². The second-order valence-corrected chi connectivity index (χ2v) is 13.5. The van der Waals surface area contributed by atoms with Crippen molar-refractivity contribution in [2.75, 3.05) is 13.2 Å². The van der Waals surface area contributed by atoms with E-state index >= 15 is 0 Å². The van der Waals surface area contributed by atoms with Crippen LogP contribution in [0.2, 0.25) is 10.0 Å². The first-order chi connectivity index (χ1) is 21.3. The monoisotopic (exact) mass is 635 g/mol. The smallest absolute Gasteiger partial charge is 0.335 e. The molecule has 0 unspecified atom stereocenters. The van der Waals surface area contributed by atoms with Crippen molar-refractivity contribution in [2.45, 2.75) is 81.0 Å². The lowest BCUT2D eigenvalue weighted by Crippen LogP contribution is -2.50. The lowest BCUT2D eigenvalue weighted by Gasteiger charge is -2.53. The van der Waals surface area contributed by atoms with Crippen LogP contribution in [0.25, 0.3) is 22.2 Å². The van der Waals surface area contributed by atoms with Gasteiger partial charge in [-0.05, 0) is 69.6 Å². The number of rotatable bonds is 9. The summed E-state index contributed by atoms with van der Waals surface area (Å²) >= 11 is 13.0. The van der Waals surface area contributed by atoms with E-state index in [1.807, 2.05) is 6.07 Å². The second-order valence-electron chi connectivity index (χ2n) is 12.7. The molecule has 4 aliphatic carbocycles. The molecule has 1 N–H and O–H groups in total. The number of carboxylic acid groups (broad SMARTS) is 1. The fourth-order valence-electron chi connectivity index (χ4n) is 7.11. The number of pyridine rings is 2. The Morgan fingerprint density at radius 1 is 1.02 bits per heavy atom. The Bertz CT molecular complexity index is 1740. The first kappa shape index (κ1) is 28.2. The minimum atomic E-state index is -0.991. The summed E-state index contributed by atoms with van der Waals surface area (Å²) in [5, 5.41) is 15.7. The number of aromatic nitrogens is 3. The highest BCUT2D eigenvalue weighted by Crippen LogP contribution is 2.56. The van der Waals surface area contributed by atoms with Crippen LogP contribution < -0.4 is 4.74 Å². The van der Waals surface area contributed by atoms with Crippen molar-refractivity contribution < 1.29 is 28.6 Å². The number of hydrogen-bond donors (Lipinski definition) is 1. The molecular weight excluding hydrogens is 605 g/mol. The molecule has 0 spiro atoms. The molecule has 0 radical (unpaired) electrons. The van der Waals surface area contributed by atoms with Crippen molar-refractivity contribution >= 4 is 40.1 Å². The quantitative estimate of drug-likeness (QED) is 0.199. The Hall–Kier alpha value is -3.24. The molecular formula is C33H31Cl2N3O6. The molecule has 11 heteroatoms. The van der Waals surface area contributed by atoms with Gasteiger partial charge in [0.1, 0.15) is 28.8 Å². The molecule has 1 aromatic carbocycles. The van der Waals surface area contributed by atoms with Gasteiger partial charge in [0.05, 0.1) is 41.0 Å². The molecule has 9 nitrogen and oxygen atoms in total. The third-order valence-corrected chi connectivity index (χ3v) is 10.6. The van der Waals surface area contributed by atoms with Crippen LogP contribution in [0.4, 0.5) is 0 Å². The van der Waals surface area contributed by atoms with Gasteiger partial charge in [0.2, 0.25) is 0 Å². The van der Waals surface area contributed by atoms with Crippen molar-refractivity contribution in [1.29, 1.82) is 0 Å². The van der Waals surface area contributed by atoms with Gasteiger partial charge in [0.15, 0.2) is 0 Å². The third kappa shape index (κ3) is 4.85. The van der Waals surface area contributed by atoms with Crippen LogP contribution in [0, 0.1) is 0 Å². The Labute approximate surface area is 263 Å². The van der Waals surface area contributed by atoms with E-state index in [1.54, 1.807) is 24.5 Å². The standard InChI is InChI=1S/C33H31Cl2N3O6/c34-23-13-36-14-24(35)27(23)29-22(30(44-38-29)18-1-2-18)17-42-33-8-5-32(6-9-33,7-10-33)26-4-3-19-11-20(31(39)40)12-25(28(19)37-26)43-21-15-41-16-21/h3-4,11-14,18,21H,1-2,5-10,15-17H2,(H,39,40). The Morgan fingerprint density at radius 2 is 1.75 bits per heavy atom. The Kier molecular flexibility index (Phi) is 6.86. The first-order valence-corrected chi connectivity index (χ1v) is 15.9. The highest BCUT2D eigenvalue weighted by molar-refractivity contribution is 6.38. The Balaban J connectivity index is 1.04. The molecule has 4 saturated carbocycles. The van der Waals surface area contributed by atoms with E-state index in [4.69, 9.17) is 46.9 Å². The van der Waals surface area contributed by atoms with E-state index in [1.165, 1.54) is 0 Å². The summed E-state index contributed by atoms with van der Waals surface area (Å²) in [6, 6.07) is 7.30. The zero-order valence-corrected chi connectivity index (χ0v) is 25.5. The summed E-state index contributed by atoms with van der Waals surface area (Å²) in [6.45, 7) is 1.37. The lowest BCUT2D eigenvalue weighted by atomic mass is 9.57. The molecule has 0 amide bonds. The third-order valence-electron chi connectivity index (χ3n) is 10.0. The molecule has 3 aromatic heterocycles. The molecule has 5 aliphatic rings. The summed E-state index contributed by atoms with van der Waals surface area (Å²) < 4.78 is 24.1. The van der Waals surface area contributed by atoms with Crippen molar-refractivity contribution in [1.82, 2.24) is 15.1 Å². The van der Waals surface area contributed by atoms with Gasteiger partial charge in [-0.1, -0.05) is 34.4 Å². The minimum absolute atomic E-state index is 0.0543. The summed E-state index contributed by atoms with van der Waals surface area (Å²) in [5.41, 5.74) is 3.85. The number of hydrogen-bond acceptors (Lipinski definition) is 8. The summed E-state index contributed by atoms with van der Waals surface area (Å²) in [4.78, 5) is 21.0. The van der Waals surface area contributed by atoms with Crippen LogP contribution in [0.1, 0.15) is 84.7 Å². The molecule has 4 heterocycles. The van der Waals surface area contributed by atoms with Gasteiger partial charge in [-0.3, -0.25) is 4.98 Å². The maximum Gasteiger partial charge on any atom is 0.335 e. The maximum absolute atomic E-state index is 11.8. The Morgan fingerprint density at radius 3 is 2.39 bits per heavy atom. The van der Waals surface area contributed by atoms with E-state index in [-0.39, 0.29) is 22.7 Å². The number of nitrogens with zero attached hydrogens (tertiary/aromatic N) is 3. The van der Waals surface area contributed by atoms with Crippen molar-refractivity contribution in [3.8, 4) is 17.0 Å². The predicted molar refractivity (Wildman–Crippen MR) is 163 cm³/mol. The van der Waals surface area contributed by atoms with Crippen molar-refractivity contribution in [3.63, 3.8) is 0 Å². The van der Waals surface area contributed by atoms with E-state index in [2.05, 4.69) is 16.2 Å². The van der Waals surface area contributed by atoms with Gasteiger partial charge in [0.25, 0.3) is 0 Å². The van der Waals surface area contributed by atoms with Crippen molar-refractivity contribution in [2.24, 2.45) is 0 Å². The number of benzene rings is 1. The van der Waals surface area contributed by atoms with Crippen LogP contribution in [-0.2, 0) is 21.5 Å². The molecule has 0 atom stereocenters. The van der Waals surface area contributed by atoms with Gasteiger partial charge in [-0.2, -0.15) is 0 Å². The van der Waals surface area contributed by atoms with Gasteiger partial charge in [0, 0.05) is 45.9 Å². The van der Waals surface area contributed by atoms with E-state index in [0.717, 1.165) is 73.8 Å². The van der Waals surface area contributed by atoms with E-state index < -0.39 is 5.97 Å². The molecule has 1 saturated heterocycles. The average Bonchev–Trinajstić information content (AvgIpc) is 3.78. The number of halogens is 2. The number of ether oxygens (including phenoxy) is 3. The normalized spacial score (nSPS) is 24.9. The number of fused-ring (bicyclic) bond motifs is 4. The highest BCUT2D eigenvalue weighted by atomic mass is 35.5. The summed E-state index contributed by atoms with van der Waals surface area (Å²) in [5.74, 6) is 0.739. The first-order valence-electron chi connectivity index (χ1n) is 15.2. The molecule has 5 fully saturated rings. The van der Waals surface area contributed by atoms with Crippen LogP contribution in [-0.4, -0.2) is 51.1 Å². The molecule has 9 rings (SSSR count). The van der Waals surface area contributed by atoms with E-state index in [0.29, 0.717) is 58.3 Å². The molecule has 4 aromatic rings. The highest BCUT2D eigenvalue weighted by Gasteiger charge is 2.51. The zero-order valence-electron chi connectivity index (χ0n) is 24.0. The fourth-order valence-corrected chi connectivity index (χ4v) is 7.66. The van der Waals surface area contributed by atoms with E-state index in [9.17, 15) is 9.90 Å². The van der Waals surface area contributed by atoms with Gasteiger partial charge < -0.3 is 23.8 Å². The zero-order chi connectivity index (χ0) is 30.1. The van der Waals surface area contributed by atoms with Gasteiger partial charge in [-0.25, -0.2) is 9.78 Å². The minimum Gasteiger partial charge on any atom is -0.483 e. The molecule has 228 valence electrons. The number of aromatic carboxylic acids is 1. The average molecular weight is 637 g/mol. The number of carbonyl (C=O) groups is 1. The van der Waals surface area contributed by atoms with Crippen LogP contribution in [0.5, 0.6) is 5.75 Å². The molecule has 2 bridgehead atoms.